The van der Waals surface area contributed by atoms with Gasteiger partial charge in [-0.25, -0.2) is 9.59 Å². The molecule has 1 saturated carbocycles. The summed E-state index contributed by atoms with van der Waals surface area (Å²) >= 11 is 0. The van der Waals surface area contributed by atoms with Crippen molar-refractivity contribution in [1.29, 1.82) is 0 Å². The van der Waals surface area contributed by atoms with Crippen LogP contribution in [-0.2, 0) is 20.7 Å². The van der Waals surface area contributed by atoms with Crippen molar-refractivity contribution in [3.8, 4) is 0 Å². The molecule has 1 aromatic rings. The van der Waals surface area contributed by atoms with Crippen molar-refractivity contribution in [2.24, 2.45) is 0 Å². The molecule has 23 heavy (non-hydrogen) atoms. The first-order valence-corrected chi connectivity index (χ1v) is 8.32. The lowest BCUT2D eigenvalue weighted by Crippen LogP contribution is -2.59. The standard InChI is InChI=1S/C18H23NO4/c1-13-15(16(20)22-13)19-17(21)23-18(11-6-12-18)10-5-9-14-7-3-2-4-8-14/h2-4,7-8,13,15H,5-6,9-12H2,1H3,(H,19,21)/t13-,15+/m0/s1. The molecule has 1 aliphatic carbocycles. The van der Waals surface area contributed by atoms with E-state index >= 15 is 0 Å². The summed E-state index contributed by atoms with van der Waals surface area (Å²) in [5.41, 5.74) is 0.952. The van der Waals surface area contributed by atoms with Crippen LogP contribution in [0.5, 0.6) is 0 Å². The molecule has 1 heterocycles. The van der Waals surface area contributed by atoms with Gasteiger partial charge in [-0.15, -0.1) is 0 Å². The number of esters is 1. The second-order valence-electron chi connectivity index (χ2n) is 6.53. The van der Waals surface area contributed by atoms with Gasteiger partial charge in [0.05, 0.1) is 0 Å². The van der Waals surface area contributed by atoms with E-state index in [-0.39, 0.29) is 17.7 Å². The van der Waals surface area contributed by atoms with E-state index in [9.17, 15) is 9.59 Å². The lowest BCUT2D eigenvalue weighted by molar-refractivity contribution is -0.174. The molecule has 5 heteroatoms. The Morgan fingerprint density at radius 2 is 2.09 bits per heavy atom. The van der Waals surface area contributed by atoms with E-state index < -0.39 is 12.1 Å². The van der Waals surface area contributed by atoms with Gasteiger partial charge in [0.25, 0.3) is 0 Å². The molecule has 0 aromatic heterocycles. The smallest absolute Gasteiger partial charge is 0.408 e. The van der Waals surface area contributed by atoms with Crippen molar-refractivity contribution in [1.82, 2.24) is 5.32 Å². The third-order valence-corrected chi connectivity index (χ3v) is 4.81. The average molecular weight is 317 g/mol. The summed E-state index contributed by atoms with van der Waals surface area (Å²) in [7, 11) is 0. The van der Waals surface area contributed by atoms with Crippen LogP contribution in [0.25, 0.3) is 0 Å². The number of aryl methyl sites for hydroxylation is 1. The molecule has 0 unspecified atom stereocenters. The number of nitrogens with one attached hydrogen (secondary N) is 1. The number of rotatable bonds is 6. The summed E-state index contributed by atoms with van der Waals surface area (Å²) in [6.07, 6.45) is 4.95. The molecule has 1 aromatic carbocycles. The number of carbonyl (C=O) groups is 2. The summed E-state index contributed by atoms with van der Waals surface area (Å²) in [5.74, 6) is -0.388. The minimum atomic E-state index is -0.566. The fraction of sp³-hybridized carbons (Fsp3) is 0.556. The third kappa shape index (κ3) is 3.66. The topological polar surface area (TPSA) is 64.6 Å². The maximum Gasteiger partial charge on any atom is 0.408 e. The van der Waals surface area contributed by atoms with Gasteiger partial charge in [0.15, 0.2) is 6.04 Å². The van der Waals surface area contributed by atoms with Crippen LogP contribution in [0.15, 0.2) is 30.3 Å². The Labute approximate surface area is 136 Å². The lowest BCUT2D eigenvalue weighted by atomic mass is 9.76. The number of ether oxygens (including phenoxy) is 2. The van der Waals surface area contributed by atoms with E-state index in [1.807, 2.05) is 18.2 Å². The van der Waals surface area contributed by atoms with Crippen LogP contribution in [0, 0.1) is 0 Å². The number of carbonyl (C=O) groups excluding carboxylic acids is 2. The number of hydrogen-bond acceptors (Lipinski definition) is 4. The molecule has 3 rings (SSSR count). The number of benzene rings is 1. The Morgan fingerprint density at radius 1 is 1.35 bits per heavy atom. The molecular formula is C18H23NO4. The van der Waals surface area contributed by atoms with Gasteiger partial charge in [0.2, 0.25) is 0 Å². The molecular weight excluding hydrogens is 294 g/mol. The summed E-state index contributed by atoms with van der Waals surface area (Å²) < 4.78 is 10.5. The fourth-order valence-electron chi connectivity index (χ4n) is 3.21. The van der Waals surface area contributed by atoms with E-state index in [0.29, 0.717) is 0 Å². The lowest BCUT2D eigenvalue weighted by Gasteiger charge is -2.42. The zero-order valence-corrected chi connectivity index (χ0v) is 13.4. The third-order valence-electron chi connectivity index (χ3n) is 4.81. The molecule has 2 aliphatic rings. The normalized spacial score (nSPS) is 24.8. The Kier molecular flexibility index (Phi) is 4.55. The first-order valence-electron chi connectivity index (χ1n) is 8.32. The summed E-state index contributed by atoms with van der Waals surface area (Å²) in [4.78, 5) is 23.3. The second-order valence-corrected chi connectivity index (χ2v) is 6.53. The van der Waals surface area contributed by atoms with Crippen LogP contribution in [0.4, 0.5) is 4.79 Å². The Balaban J connectivity index is 1.46. The van der Waals surface area contributed by atoms with Crippen LogP contribution >= 0.6 is 0 Å². The number of alkyl carbamates (subject to hydrolysis) is 1. The first kappa shape index (κ1) is 15.8. The Bertz CT molecular complexity index is 568. The highest BCUT2D eigenvalue weighted by molar-refractivity contribution is 5.86. The van der Waals surface area contributed by atoms with E-state index in [1.165, 1.54) is 5.56 Å². The molecule has 2 atom stereocenters. The predicted molar refractivity (Wildman–Crippen MR) is 84.9 cm³/mol. The van der Waals surface area contributed by atoms with E-state index in [0.717, 1.165) is 38.5 Å². The minimum absolute atomic E-state index is 0.273. The van der Waals surface area contributed by atoms with Gasteiger partial charge < -0.3 is 14.8 Å². The SMILES string of the molecule is C[C@@H]1OC(=O)[C@@H]1NC(=O)OC1(CCCc2ccccc2)CCC1. The highest BCUT2D eigenvalue weighted by atomic mass is 16.6. The van der Waals surface area contributed by atoms with Crippen molar-refractivity contribution >= 4 is 12.1 Å². The van der Waals surface area contributed by atoms with Crippen LogP contribution in [0.3, 0.4) is 0 Å². The molecule has 1 amide bonds. The molecule has 124 valence electrons. The van der Waals surface area contributed by atoms with Gasteiger partial charge in [0.1, 0.15) is 11.7 Å². The van der Waals surface area contributed by atoms with Crippen LogP contribution in [0.1, 0.15) is 44.6 Å². The first-order chi connectivity index (χ1) is 11.1. The van der Waals surface area contributed by atoms with E-state index in [2.05, 4.69) is 17.4 Å². The maximum absolute atomic E-state index is 12.0. The van der Waals surface area contributed by atoms with Crippen LogP contribution in [-0.4, -0.2) is 29.8 Å². The number of hydrogen-bond donors (Lipinski definition) is 1. The Hall–Kier alpha value is -2.04. The van der Waals surface area contributed by atoms with Crippen molar-refractivity contribution < 1.29 is 19.1 Å². The van der Waals surface area contributed by atoms with Gasteiger partial charge >= 0.3 is 12.1 Å². The van der Waals surface area contributed by atoms with Gasteiger partial charge in [-0.2, -0.15) is 0 Å². The van der Waals surface area contributed by atoms with Crippen molar-refractivity contribution in [2.75, 3.05) is 0 Å². The average Bonchev–Trinajstić information content (AvgIpc) is 2.51. The molecule has 2 fully saturated rings. The number of amides is 1. The van der Waals surface area contributed by atoms with E-state index in [1.54, 1.807) is 6.92 Å². The summed E-state index contributed by atoms with van der Waals surface area (Å²) in [6, 6.07) is 9.75. The van der Waals surface area contributed by atoms with Crippen LogP contribution in [0.2, 0.25) is 0 Å². The van der Waals surface area contributed by atoms with E-state index in [4.69, 9.17) is 9.47 Å². The predicted octanol–water partition coefficient (Wildman–Crippen LogP) is 2.97. The number of cyclic esters (lactones) is 1. The zero-order chi connectivity index (χ0) is 16.3. The second kappa shape index (κ2) is 6.60. The molecule has 0 radical (unpaired) electrons. The van der Waals surface area contributed by atoms with Gasteiger partial charge in [-0.1, -0.05) is 30.3 Å². The monoisotopic (exact) mass is 317 g/mol. The molecule has 1 saturated heterocycles. The quantitative estimate of drug-likeness (QED) is 0.819. The molecule has 1 aliphatic heterocycles. The van der Waals surface area contributed by atoms with Crippen molar-refractivity contribution in [3.05, 3.63) is 35.9 Å². The highest BCUT2D eigenvalue weighted by Gasteiger charge is 2.44. The summed E-state index contributed by atoms with van der Waals surface area (Å²) in [5, 5.41) is 2.61. The highest BCUT2D eigenvalue weighted by Crippen LogP contribution is 2.40. The van der Waals surface area contributed by atoms with Crippen molar-refractivity contribution in [3.63, 3.8) is 0 Å². The molecule has 0 bridgehead atoms. The largest absolute Gasteiger partial charge is 0.458 e. The van der Waals surface area contributed by atoms with Crippen LogP contribution < -0.4 is 5.32 Å². The molecule has 5 nitrogen and oxygen atoms in total. The minimum Gasteiger partial charge on any atom is -0.458 e. The Morgan fingerprint density at radius 3 is 2.65 bits per heavy atom. The maximum atomic E-state index is 12.0. The van der Waals surface area contributed by atoms with Gasteiger partial charge in [-0.05, 0) is 51.0 Å². The van der Waals surface area contributed by atoms with Crippen molar-refractivity contribution in [2.45, 2.75) is 63.2 Å². The zero-order valence-electron chi connectivity index (χ0n) is 13.4. The van der Waals surface area contributed by atoms with Gasteiger partial charge in [0, 0.05) is 0 Å². The van der Waals surface area contributed by atoms with Gasteiger partial charge in [-0.3, -0.25) is 0 Å². The molecule has 1 N–H and O–H groups in total. The summed E-state index contributed by atoms with van der Waals surface area (Å²) in [6.45, 7) is 1.76. The fourth-order valence-corrected chi connectivity index (χ4v) is 3.21. The molecule has 0 spiro atoms.